The van der Waals surface area contributed by atoms with Gasteiger partial charge in [0.2, 0.25) is 0 Å². The van der Waals surface area contributed by atoms with E-state index in [2.05, 4.69) is 22.1 Å². The number of nitrogens with zero attached hydrogens (tertiary/aromatic N) is 2. The van der Waals surface area contributed by atoms with E-state index in [-0.39, 0.29) is 5.69 Å². The lowest BCUT2D eigenvalue weighted by Gasteiger charge is -2.04. The predicted molar refractivity (Wildman–Crippen MR) is 62.2 cm³/mol. The van der Waals surface area contributed by atoms with Gasteiger partial charge in [-0.2, -0.15) is 0 Å². The Bertz CT molecular complexity index is 446. The Morgan fingerprint density at radius 1 is 1.62 bits per heavy atom. The maximum Gasteiger partial charge on any atom is 0.290 e. The number of rotatable bonds is 4. The van der Waals surface area contributed by atoms with Crippen LogP contribution in [0.5, 0.6) is 0 Å². The second-order valence-electron chi connectivity index (χ2n) is 3.22. The van der Waals surface area contributed by atoms with E-state index in [9.17, 15) is 10.1 Å². The number of aryl methyl sites for hydroxylation is 1. The van der Waals surface area contributed by atoms with Crippen molar-refractivity contribution in [2.45, 2.75) is 20.3 Å². The monoisotopic (exact) mass is 219 g/mol. The lowest BCUT2D eigenvalue weighted by molar-refractivity contribution is -0.385. The third-order valence-electron chi connectivity index (χ3n) is 2.01. The molecule has 1 aromatic heterocycles. The number of pyridine rings is 1. The van der Waals surface area contributed by atoms with Crippen molar-refractivity contribution in [2.24, 2.45) is 0 Å². The van der Waals surface area contributed by atoms with Crippen molar-refractivity contribution in [3.63, 3.8) is 0 Å². The van der Waals surface area contributed by atoms with E-state index in [1.807, 2.05) is 0 Å². The highest BCUT2D eigenvalue weighted by atomic mass is 16.6. The van der Waals surface area contributed by atoms with Crippen LogP contribution in [0.25, 0.3) is 0 Å². The minimum absolute atomic E-state index is 0.0406. The van der Waals surface area contributed by atoms with E-state index >= 15 is 0 Å². The van der Waals surface area contributed by atoms with E-state index in [4.69, 9.17) is 0 Å². The molecule has 0 aliphatic heterocycles. The normalized spacial score (nSPS) is 9.12. The Morgan fingerprint density at radius 3 is 2.94 bits per heavy atom. The molecule has 0 fully saturated rings. The maximum atomic E-state index is 10.6. The van der Waals surface area contributed by atoms with Gasteiger partial charge in [-0.3, -0.25) is 10.1 Å². The van der Waals surface area contributed by atoms with Crippen LogP contribution >= 0.6 is 0 Å². The van der Waals surface area contributed by atoms with Gasteiger partial charge in [0.25, 0.3) is 5.69 Å². The summed E-state index contributed by atoms with van der Waals surface area (Å²) in [6, 6.07) is 1.66. The molecule has 0 amide bonds. The smallest absolute Gasteiger partial charge is 0.290 e. The number of hydrogen-bond acceptors (Lipinski definition) is 4. The Labute approximate surface area is 94.0 Å². The van der Waals surface area contributed by atoms with Gasteiger partial charge in [0.05, 0.1) is 4.92 Å². The summed E-state index contributed by atoms with van der Waals surface area (Å²) in [6.07, 6.45) is 2.00. The highest BCUT2D eigenvalue weighted by molar-refractivity contribution is 5.46. The number of aromatic nitrogens is 1. The SMILES string of the molecule is CC#CCCNc1cc(C)c([N+](=O)[O-])cn1. The van der Waals surface area contributed by atoms with Crippen molar-refractivity contribution < 1.29 is 4.92 Å². The molecule has 1 rings (SSSR count). The van der Waals surface area contributed by atoms with E-state index in [1.165, 1.54) is 6.20 Å². The van der Waals surface area contributed by atoms with E-state index < -0.39 is 4.92 Å². The van der Waals surface area contributed by atoms with Gasteiger partial charge in [0.15, 0.2) is 0 Å². The molecular formula is C11H13N3O2. The second-order valence-corrected chi connectivity index (χ2v) is 3.22. The fourth-order valence-electron chi connectivity index (χ4n) is 1.21. The van der Waals surface area contributed by atoms with Gasteiger partial charge in [-0.05, 0) is 19.9 Å². The first kappa shape index (κ1) is 12.0. The number of nitro groups is 1. The number of hydrogen-bond donors (Lipinski definition) is 1. The number of nitrogens with one attached hydrogen (secondary N) is 1. The Balaban J connectivity index is 2.65. The van der Waals surface area contributed by atoms with Crippen LogP contribution in [0.4, 0.5) is 11.5 Å². The highest BCUT2D eigenvalue weighted by Gasteiger charge is 2.10. The number of anilines is 1. The lowest BCUT2D eigenvalue weighted by Crippen LogP contribution is -2.03. The minimum Gasteiger partial charge on any atom is -0.369 e. The molecule has 1 aromatic rings. The molecular weight excluding hydrogens is 206 g/mol. The molecule has 0 bridgehead atoms. The van der Waals surface area contributed by atoms with Gasteiger partial charge in [0.1, 0.15) is 12.0 Å². The summed E-state index contributed by atoms with van der Waals surface area (Å²) in [5, 5.41) is 13.6. The average Bonchev–Trinajstić information content (AvgIpc) is 2.24. The van der Waals surface area contributed by atoms with E-state index in [1.54, 1.807) is 19.9 Å². The van der Waals surface area contributed by atoms with E-state index in [0.717, 1.165) is 6.42 Å². The molecule has 0 aromatic carbocycles. The summed E-state index contributed by atoms with van der Waals surface area (Å²) < 4.78 is 0. The average molecular weight is 219 g/mol. The standard InChI is InChI=1S/C11H13N3O2/c1-3-4-5-6-12-11-7-9(2)10(8-13-11)14(15)16/h7-8H,5-6H2,1-2H3,(H,12,13). The van der Waals surface area contributed by atoms with Crippen molar-refractivity contribution in [2.75, 3.05) is 11.9 Å². The molecule has 0 spiro atoms. The molecule has 84 valence electrons. The van der Waals surface area contributed by atoms with Gasteiger partial charge < -0.3 is 5.32 Å². The first-order valence-electron chi connectivity index (χ1n) is 4.89. The Morgan fingerprint density at radius 2 is 2.38 bits per heavy atom. The molecule has 0 saturated carbocycles. The van der Waals surface area contributed by atoms with Crippen molar-refractivity contribution >= 4 is 11.5 Å². The van der Waals surface area contributed by atoms with E-state index in [0.29, 0.717) is 17.9 Å². The fourth-order valence-corrected chi connectivity index (χ4v) is 1.21. The zero-order chi connectivity index (χ0) is 12.0. The predicted octanol–water partition coefficient (Wildman–Crippen LogP) is 2.12. The van der Waals surface area contributed by atoms with Crippen molar-refractivity contribution in [1.29, 1.82) is 0 Å². The molecule has 16 heavy (non-hydrogen) atoms. The summed E-state index contributed by atoms with van der Waals surface area (Å²) in [5.74, 6) is 6.34. The molecule has 1 N–H and O–H groups in total. The summed E-state index contributed by atoms with van der Waals surface area (Å²) in [4.78, 5) is 14.1. The lowest BCUT2D eigenvalue weighted by atomic mass is 10.2. The van der Waals surface area contributed by atoms with Crippen molar-refractivity contribution in [1.82, 2.24) is 4.98 Å². The van der Waals surface area contributed by atoms with Crippen LogP contribution < -0.4 is 5.32 Å². The van der Waals surface area contributed by atoms with Crippen LogP contribution in [-0.2, 0) is 0 Å². The van der Waals surface area contributed by atoms with Crippen LogP contribution in [0.15, 0.2) is 12.3 Å². The third-order valence-corrected chi connectivity index (χ3v) is 2.01. The Kier molecular flexibility index (Phi) is 4.28. The van der Waals surface area contributed by atoms with Gasteiger partial charge in [0, 0.05) is 18.5 Å². The molecule has 0 aliphatic carbocycles. The summed E-state index contributed by atoms with van der Waals surface area (Å²) in [5.41, 5.74) is 0.642. The first-order chi connectivity index (χ1) is 7.65. The topological polar surface area (TPSA) is 68.1 Å². The molecule has 0 saturated heterocycles. The third kappa shape index (κ3) is 3.24. The Hall–Kier alpha value is -2.09. The largest absolute Gasteiger partial charge is 0.369 e. The maximum absolute atomic E-state index is 10.6. The molecule has 1 heterocycles. The van der Waals surface area contributed by atoms with Crippen molar-refractivity contribution in [3.05, 3.63) is 27.9 Å². The fraction of sp³-hybridized carbons (Fsp3) is 0.364. The molecule has 0 aliphatic rings. The molecule has 0 radical (unpaired) electrons. The quantitative estimate of drug-likeness (QED) is 0.364. The zero-order valence-electron chi connectivity index (χ0n) is 9.28. The van der Waals surface area contributed by atoms with Gasteiger partial charge in [-0.25, -0.2) is 4.98 Å². The first-order valence-corrected chi connectivity index (χ1v) is 4.89. The van der Waals surface area contributed by atoms with Gasteiger partial charge >= 0.3 is 0 Å². The van der Waals surface area contributed by atoms with Gasteiger partial charge in [-0.1, -0.05) is 0 Å². The van der Waals surface area contributed by atoms with Gasteiger partial charge in [-0.15, -0.1) is 11.8 Å². The molecule has 5 heteroatoms. The molecule has 0 atom stereocenters. The molecule has 5 nitrogen and oxygen atoms in total. The van der Waals surface area contributed by atoms with Crippen LogP contribution in [0.1, 0.15) is 18.9 Å². The second kappa shape index (κ2) is 5.71. The van der Waals surface area contributed by atoms with Crippen LogP contribution in [0, 0.1) is 28.9 Å². The van der Waals surface area contributed by atoms with Crippen LogP contribution in [-0.4, -0.2) is 16.5 Å². The van der Waals surface area contributed by atoms with Crippen LogP contribution in [0.2, 0.25) is 0 Å². The molecule has 0 unspecified atom stereocenters. The van der Waals surface area contributed by atoms with Crippen LogP contribution in [0.3, 0.4) is 0 Å². The highest BCUT2D eigenvalue weighted by Crippen LogP contribution is 2.18. The summed E-state index contributed by atoms with van der Waals surface area (Å²) in [6.45, 7) is 4.16. The summed E-state index contributed by atoms with van der Waals surface area (Å²) in [7, 11) is 0. The summed E-state index contributed by atoms with van der Waals surface area (Å²) >= 11 is 0. The minimum atomic E-state index is -0.436. The zero-order valence-corrected chi connectivity index (χ0v) is 9.28. The van der Waals surface area contributed by atoms with Crippen molar-refractivity contribution in [3.8, 4) is 11.8 Å².